The molecule has 0 spiro atoms. The number of nitrogens with two attached hydrogens (primary N) is 1. The Bertz CT molecular complexity index is 779. The third-order valence-electron chi connectivity index (χ3n) is 4.60. The highest BCUT2D eigenvalue weighted by atomic mass is 16.5. The van der Waals surface area contributed by atoms with Gasteiger partial charge in [-0.2, -0.15) is 5.10 Å². The normalized spacial score (nSPS) is 14.9. The first-order valence-corrected chi connectivity index (χ1v) is 10.2. The fourth-order valence-corrected chi connectivity index (χ4v) is 2.95. The number of primary amides is 1. The molecule has 29 heavy (non-hydrogen) atoms. The minimum atomic E-state index is -0.447. The van der Waals surface area contributed by atoms with Crippen LogP contribution in [0, 0.1) is 5.92 Å². The number of nitrogens with zero attached hydrogens (tertiary/aromatic N) is 2. The van der Waals surface area contributed by atoms with E-state index in [9.17, 15) is 4.79 Å². The number of hydrazone groups is 1. The van der Waals surface area contributed by atoms with Crippen LogP contribution >= 0.6 is 0 Å². The van der Waals surface area contributed by atoms with Gasteiger partial charge in [-0.15, -0.1) is 0 Å². The molecular formula is C23H32N4O2. The Morgan fingerprint density at radius 2 is 1.97 bits per heavy atom. The summed E-state index contributed by atoms with van der Waals surface area (Å²) in [5, 5.41) is 9.94. The Kier molecular flexibility index (Phi) is 9.18. The number of amides is 1. The van der Waals surface area contributed by atoms with Gasteiger partial charge in [0.25, 0.3) is 0 Å². The molecule has 1 aromatic rings. The van der Waals surface area contributed by atoms with Crippen LogP contribution in [0.2, 0.25) is 0 Å². The topological polar surface area (TPSA) is 79.9 Å². The van der Waals surface area contributed by atoms with Crippen LogP contribution in [0.3, 0.4) is 0 Å². The Balaban J connectivity index is 2.27. The van der Waals surface area contributed by atoms with E-state index in [1.807, 2.05) is 74.3 Å². The van der Waals surface area contributed by atoms with E-state index in [1.165, 1.54) is 0 Å². The molecule has 1 aliphatic carbocycles. The van der Waals surface area contributed by atoms with Gasteiger partial charge in [0.05, 0.1) is 18.3 Å². The smallest absolute Gasteiger partial charge is 0.226 e. The van der Waals surface area contributed by atoms with Gasteiger partial charge in [-0.05, 0) is 55.8 Å². The van der Waals surface area contributed by atoms with Crippen molar-refractivity contribution in [3.05, 3.63) is 66.0 Å². The molecule has 6 heteroatoms. The lowest BCUT2D eigenvalue weighted by Gasteiger charge is -2.22. The van der Waals surface area contributed by atoms with Crippen LogP contribution in [-0.4, -0.2) is 36.4 Å². The maximum absolute atomic E-state index is 12.1. The number of nitrogens with one attached hydrogen (secondary N) is 1. The highest BCUT2D eigenvalue weighted by molar-refractivity contribution is 6.12. The molecule has 0 aromatic heterocycles. The molecule has 156 valence electrons. The molecular weight excluding hydrogens is 364 g/mol. The van der Waals surface area contributed by atoms with Crippen molar-refractivity contribution in [2.24, 2.45) is 16.8 Å². The zero-order chi connectivity index (χ0) is 21.1. The first-order valence-electron chi connectivity index (χ1n) is 10.2. The number of rotatable bonds is 11. The van der Waals surface area contributed by atoms with Crippen molar-refractivity contribution in [1.82, 2.24) is 10.3 Å². The van der Waals surface area contributed by atoms with E-state index in [4.69, 9.17) is 15.6 Å². The molecule has 0 heterocycles. The van der Waals surface area contributed by atoms with E-state index in [1.54, 1.807) is 0 Å². The first-order chi connectivity index (χ1) is 14.1. The van der Waals surface area contributed by atoms with Gasteiger partial charge in [0, 0.05) is 13.0 Å². The average molecular weight is 397 g/mol. The predicted molar refractivity (Wildman–Crippen MR) is 118 cm³/mol. The summed E-state index contributed by atoms with van der Waals surface area (Å²) >= 11 is 0. The van der Waals surface area contributed by atoms with E-state index in [2.05, 4.69) is 11.4 Å². The summed E-state index contributed by atoms with van der Waals surface area (Å²) in [7, 11) is 0. The van der Waals surface area contributed by atoms with E-state index in [-0.39, 0.29) is 5.91 Å². The van der Waals surface area contributed by atoms with Gasteiger partial charge in [-0.25, -0.2) is 0 Å². The standard InChI is InChI=1S/C23H32N4O2/c1-4-21(23(24)28)22(26-27(6-3)17-25-5-2)18-13-15-20(16-14-18)29-19-11-9-7-8-10-12-19/h7-11,13-16,21,25H,4-6,12,17H2,1-3H3,(H2,24,28)/b26-22-. The summed E-state index contributed by atoms with van der Waals surface area (Å²) in [6.45, 7) is 8.21. The number of carbonyl (C=O) groups is 1. The number of hydrogen-bond donors (Lipinski definition) is 2. The number of carbonyl (C=O) groups excluding carboxylic acids is 1. The third-order valence-corrected chi connectivity index (χ3v) is 4.60. The van der Waals surface area contributed by atoms with Gasteiger partial charge < -0.3 is 10.5 Å². The lowest BCUT2D eigenvalue weighted by Crippen LogP contribution is -2.35. The van der Waals surface area contributed by atoms with Crippen molar-refractivity contribution in [2.75, 3.05) is 19.8 Å². The minimum Gasteiger partial charge on any atom is -0.461 e. The van der Waals surface area contributed by atoms with E-state index < -0.39 is 5.92 Å². The Morgan fingerprint density at radius 3 is 2.59 bits per heavy atom. The number of allylic oxidation sites excluding steroid dienone is 5. The van der Waals surface area contributed by atoms with Crippen LogP contribution in [0.1, 0.15) is 39.2 Å². The quantitative estimate of drug-likeness (QED) is 0.340. The van der Waals surface area contributed by atoms with Crippen molar-refractivity contribution in [1.29, 1.82) is 0 Å². The van der Waals surface area contributed by atoms with E-state index >= 15 is 0 Å². The van der Waals surface area contributed by atoms with Crippen molar-refractivity contribution in [3.8, 4) is 5.75 Å². The zero-order valence-electron chi connectivity index (χ0n) is 17.6. The number of hydrogen-bond acceptors (Lipinski definition) is 5. The first kappa shape index (κ1) is 22.4. The molecule has 0 aliphatic heterocycles. The third kappa shape index (κ3) is 6.91. The van der Waals surface area contributed by atoms with Crippen molar-refractivity contribution < 1.29 is 9.53 Å². The summed E-state index contributed by atoms with van der Waals surface area (Å²) in [6, 6.07) is 7.67. The zero-order valence-corrected chi connectivity index (χ0v) is 17.6. The molecule has 1 aliphatic rings. The monoisotopic (exact) mass is 396 g/mol. The van der Waals surface area contributed by atoms with E-state index in [0.29, 0.717) is 18.8 Å². The SMILES string of the molecule is CCNCN(CC)/N=C(/c1ccc(OC2=CC=CC=CC2)cc1)C(CC)C(N)=O. The lowest BCUT2D eigenvalue weighted by molar-refractivity contribution is -0.119. The van der Waals surface area contributed by atoms with Gasteiger partial charge in [0.2, 0.25) is 5.91 Å². The van der Waals surface area contributed by atoms with Crippen LogP contribution < -0.4 is 15.8 Å². The molecule has 0 radical (unpaired) electrons. The highest BCUT2D eigenvalue weighted by Gasteiger charge is 2.23. The van der Waals surface area contributed by atoms with Crippen LogP contribution in [0.15, 0.2) is 65.5 Å². The molecule has 0 bridgehead atoms. The summed E-state index contributed by atoms with van der Waals surface area (Å²) in [6.07, 6.45) is 11.3. The maximum Gasteiger partial charge on any atom is 0.226 e. The predicted octanol–water partition coefficient (Wildman–Crippen LogP) is 3.57. The van der Waals surface area contributed by atoms with Crippen molar-refractivity contribution in [2.45, 2.75) is 33.6 Å². The molecule has 6 nitrogen and oxygen atoms in total. The lowest BCUT2D eigenvalue weighted by atomic mass is 9.93. The summed E-state index contributed by atoms with van der Waals surface area (Å²) in [5.74, 6) is 0.809. The van der Waals surface area contributed by atoms with Crippen LogP contribution in [0.5, 0.6) is 5.75 Å². The molecule has 0 fully saturated rings. The molecule has 0 saturated carbocycles. The number of benzene rings is 1. The average Bonchev–Trinajstić information content (AvgIpc) is 2.99. The Labute approximate surface area is 173 Å². The van der Waals surface area contributed by atoms with Crippen molar-refractivity contribution >= 4 is 11.6 Å². The molecule has 1 unspecified atom stereocenters. The second kappa shape index (κ2) is 11.9. The Morgan fingerprint density at radius 1 is 1.21 bits per heavy atom. The van der Waals surface area contributed by atoms with E-state index in [0.717, 1.165) is 36.6 Å². The minimum absolute atomic E-state index is 0.367. The fraction of sp³-hybridized carbons (Fsp3) is 0.391. The maximum atomic E-state index is 12.1. The molecule has 0 saturated heterocycles. The molecule has 1 atom stereocenters. The molecule has 1 aromatic carbocycles. The second-order valence-electron chi connectivity index (χ2n) is 6.71. The van der Waals surface area contributed by atoms with Gasteiger partial charge in [-0.1, -0.05) is 38.2 Å². The van der Waals surface area contributed by atoms with Gasteiger partial charge in [-0.3, -0.25) is 15.1 Å². The second-order valence-corrected chi connectivity index (χ2v) is 6.71. The molecule has 2 rings (SSSR count). The van der Waals surface area contributed by atoms with Crippen LogP contribution in [0.4, 0.5) is 0 Å². The largest absolute Gasteiger partial charge is 0.461 e. The summed E-state index contributed by atoms with van der Waals surface area (Å²) < 4.78 is 5.97. The summed E-state index contributed by atoms with van der Waals surface area (Å²) in [5.41, 5.74) is 7.23. The number of ether oxygens (including phenoxy) is 1. The van der Waals surface area contributed by atoms with Gasteiger partial charge in [0.1, 0.15) is 11.5 Å². The molecule has 3 N–H and O–H groups in total. The van der Waals surface area contributed by atoms with Gasteiger partial charge >= 0.3 is 0 Å². The van der Waals surface area contributed by atoms with Gasteiger partial charge in [0.15, 0.2) is 0 Å². The highest BCUT2D eigenvalue weighted by Crippen LogP contribution is 2.21. The fourth-order valence-electron chi connectivity index (χ4n) is 2.95. The summed E-state index contributed by atoms with van der Waals surface area (Å²) in [4.78, 5) is 12.1. The van der Waals surface area contributed by atoms with Crippen molar-refractivity contribution in [3.63, 3.8) is 0 Å². The van der Waals surface area contributed by atoms with Crippen LogP contribution in [0.25, 0.3) is 0 Å². The van der Waals surface area contributed by atoms with Crippen LogP contribution in [-0.2, 0) is 4.79 Å². The molecule has 1 amide bonds. The Hall–Kier alpha value is -2.86.